The first-order valence-electron chi connectivity index (χ1n) is 8.00. The van der Waals surface area contributed by atoms with Gasteiger partial charge in [0.15, 0.2) is 0 Å². The quantitative estimate of drug-likeness (QED) is 0.699. The number of amides is 1. The predicted octanol–water partition coefficient (Wildman–Crippen LogP) is 2.10. The highest BCUT2D eigenvalue weighted by Gasteiger charge is 2.42. The second-order valence-electron chi connectivity index (χ2n) is 5.67. The lowest BCUT2D eigenvalue weighted by Crippen LogP contribution is -3.06. The van der Waals surface area contributed by atoms with Gasteiger partial charge in [-0.3, -0.25) is 4.79 Å². The van der Waals surface area contributed by atoms with Gasteiger partial charge in [0.25, 0.3) is 0 Å². The Kier molecular flexibility index (Phi) is 8.01. The largest absolute Gasteiger partial charge is 0.600 e. The predicted molar refractivity (Wildman–Crippen MR) is 78.8 cm³/mol. The molecular formula is C15H25F3N2O3. The van der Waals surface area contributed by atoms with E-state index in [0.717, 1.165) is 0 Å². The number of carbonyl (C=O) groups excluding carboxylic acids is 1. The molecule has 1 amide bonds. The van der Waals surface area contributed by atoms with E-state index in [0.29, 0.717) is 18.7 Å². The average molecular weight is 338 g/mol. The van der Waals surface area contributed by atoms with Crippen LogP contribution in [-0.4, -0.2) is 25.2 Å². The zero-order valence-corrected chi connectivity index (χ0v) is 13.5. The lowest BCUT2D eigenvalue weighted by atomic mass is 9.81. The molecule has 0 saturated heterocycles. The number of hydrogen-bond donors (Lipinski definition) is 2. The van der Waals surface area contributed by atoms with Gasteiger partial charge in [0.2, 0.25) is 5.91 Å². The van der Waals surface area contributed by atoms with Crippen molar-refractivity contribution in [2.24, 2.45) is 11.8 Å². The lowest BCUT2D eigenvalue weighted by molar-refractivity contribution is -1.05. The molecule has 1 unspecified atom stereocenters. The Bertz CT molecular complexity index is 405. The summed E-state index contributed by atoms with van der Waals surface area (Å²) in [6.45, 7) is 3.90. The highest BCUT2D eigenvalue weighted by atomic mass is 19.4. The molecule has 0 aromatic carbocycles. The Morgan fingerprint density at radius 1 is 1.30 bits per heavy atom. The molecule has 8 heteroatoms. The Labute approximate surface area is 134 Å². The fraction of sp³-hybridized carbons (Fsp3) is 0.800. The molecule has 1 saturated carbocycles. The van der Waals surface area contributed by atoms with Gasteiger partial charge in [0.1, 0.15) is 13.2 Å². The van der Waals surface area contributed by atoms with Gasteiger partial charge in [-0.2, -0.15) is 13.2 Å². The normalized spacial score (nSPS) is 24.3. The first-order chi connectivity index (χ1) is 10.8. The van der Waals surface area contributed by atoms with Crippen LogP contribution in [0.4, 0.5) is 13.2 Å². The fourth-order valence-electron chi connectivity index (χ4n) is 2.65. The molecule has 1 fully saturated rings. The molecular weight excluding hydrogens is 313 g/mol. The average Bonchev–Trinajstić information content (AvgIpc) is 2.50. The van der Waals surface area contributed by atoms with E-state index in [9.17, 15) is 23.2 Å². The Morgan fingerprint density at radius 2 is 1.91 bits per heavy atom. The minimum atomic E-state index is -4.17. The Morgan fingerprint density at radius 3 is 2.39 bits per heavy atom. The maximum absolute atomic E-state index is 12.6. The maximum Gasteiger partial charge on any atom is 0.391 e. The number of nitrogens with one attached hydrogen (secondary N) is 2. The topological polar surface area (TPSA) is 65.8 Å². The van der Waals surface area contributed by atoms with Crippen molar-refractivity contribution < 1.29 is 28.0 Å². The molecule has 0 aromatic heterocycles. The van der Waals surface area contributed by atoms with Crippen molar-refractivity contribution >= 4 is 5.91 Å². The van der Waals surface area contributed by atoms with Gasteiger partial charge in [-0.1, -0.05) is 6.92 Å². The van der Waals surface area contributed by atoms with Crippen molar-refractivity contribution in [1.82, 2.24) is 5.32 Å². The molecule has 23 heavy (non-hydrogen) atoms. The van der Waals surface area contributed by atoms with Crippen molar-refractivity contribution in [3.8, 4) is 0 Å². The van der Waals surface area contributed by atoms with Gasteiger partial charge in [-0.15, -0.1) is 0 Å². The van der Waals surface area contributed by atoms with E-state index in [1.165, 1.54) is 0 Å². The number of hydrogen-bond acceptors (Lipinski definition) is 3. The molecule has 5 nitrogen and oxygen atoms in total. The van der Waals surface area contributed by atoms with Crippen molar-refractivity contribution in [2.75, 3.05) is 13.2 Å². The molecule has 0 spiro atoms. The van der Waals surface area contributed by atoms with Gasteiger partial charge >= 0.3 is 6.18 Å². The van der Waals surface area contributed by atoms with E-state index >= 15 is 0 Å². The van der Waals surface area contributed by atoms with Crippen LogP contribution in [0.1, 0.15) is 46.0 Å². The number of quaternary nitrogens is 1. The van der Waals surface area contributed by atoms with Gasteiger partial charge < -0.3 is 10.5 Å². The summed E-state index contributed by atoms with van der Waals surface area (Å²) in [5, 5.41) is 13.6. The van der Waals surface area contributed by atoms with Crippen LogP contribution in [0, 0.1) is 17.0 Å². The summed E-state index contributed by atoms with van der Waals surface area (Å²) >= 11 is 0. The van der Waals surface area contributed by atoms with Crippen molar-refractivity contribution in [3.63, 3.8) is 0 Å². The third-order valence-corrected chi connectivity index (χ3v) is 4.05. The summed E-state index contributed by atoms with van der Waals surface area (Å²) < 4.78 is 37.9. The number of hydroxylamine groups is 2. The monoisotopic (exact) mass is 338 g/mol. The van der Waals surface area contributed by atoms with Crippen molar-refractivity contribution in [2.45, 2.75) is 52.1 Å². The molecule has 1 atom stereocenters. The lowest BCUT2D eigenvalue weighted by Gasteiger charge is -2.29. The first kappa shape index (κ1) is 19.9. The molecule has 0 bridgehead atoms. The Balaban J connectivity index is 2.47. The van der Waals surface area contributed by atoms with Crippen LogP contribution in [0.3, 0.4) is 0 Å². The van der Waals surface area contributed by atoms with Crippen LogP contribution in [0.2, 0.25) is 0 Å². The van der Waals surface area contributed by atoms with Crippen molar-refractivity contribution in [1.29, 1.82) is 0 Å². The number of halogens is 3. The minimum absolute atomic E-state index is 0.00438. The van der Waals surface area contributed by atoms with Gasteiger partial charge in [0.05, 0.1) is 5.92 Å². The van der Waals surface area contributed by atoms with Crippen LogP contribution in [0.15, 0.2) is 11.8 Å². The summed E-state index contributed by atoms with van der Waals surface area (Å²) in [5.74, 6) is -1.95. The molecule has 1 aliphatic rings. The summed E-state index contributed by atoms with van der Waals surface area (Å²) in [5.41, 5.74) is 0.598. The van der Waals surface area contributed by atoms with Crippen LogP contribution in [-0.2, 0) is 9.63 Å². The smallest absolute Gasteiger partial charge is 0.391 e. The van der Waals surface area contributed by atoms with Crippen LogP contribution < -0.4 is 10.5 Å². The van der Waals surface area contributed by atoms with Crippen molar-refractivity contribution in [3.05, 3.63) is 17.0 Å². The van der Waals surface area contributed by atoms with E-state index in [2.05, 4.69) is 5.32 Å². The van der Waals surface area contributed by atoms with Gasteiger partial charge in [0, 0.05) is 11.6 Å². The number of allylic oxidation sites excluding steroid dienone is 1. The highest BCUT2D eigenvalue weighted by molar-refractivity contribution is 5.80. The fourth-order valence-corrected chi connectivity index (χ4v) is 2.65. The number of alkyl halides is 3. The molecule has 0 aliphatic heterocycles. The van der Waals surface area contributed by atoms with E-state index in [4.69, 9.17) is 4.84 Å². The second-order valence-corrected chi connectivity index (χ2v) is 5.67. The van der Waals surface area contributed by atoms with Gasteiger partial charge in [-0.25, -0.2) is 10.1 Å². The Hall–Kier alpha value is -1.12. The van der Waals surface area contributed by atoms with E-state index in [1.807, 2.05) is 6.92 Å². The van der Waals surface area contributed by atoms with E-state index in [1.54, 1.807) is 13.0 Å². The van der Waals surface area contributed by atoms with E-state index < -0.39 is 18.0 Å². The SMILES string of the molecule is CCO[NH+]([O-])C/C=C(/CC)NC(=O)C1CCC(C(F)(F)F)CC1. The second kappa shape index (κ2) is 9.24. The molecule has 0 aromatic rings. The molecule has 1 rings (SSSR count). The number of carbonyl (C=O) groups is 1. The zero-order valence-electron chi connectivity index (χ0n) is 13.5. The number of rotatable bonds is 7. The van der Waals surface area contributed by atoms with Crippen LogP contribution in [0.5, 0.6) is 0 Å². The van der Waals surface area contributed by atoms with Crippen LogP contribution >= 0.6 is 0 Å². The first-order valence-corrected chi connectivity index (χ1v) is 8.00. The maximum atomic E-state index is 12.6. The third-order valence-electron chi connectivity index (χ3n) is 4.05. The standard InChI is InChI=1S/C15H25F3N2O3/c1-3-13(9-10-20(22)23-4-2)19-14(21)11-5-7-12(8-6-11)15(16,17)18/h9,11-12,20H,3-8,10H2,1-2H3,(H,19,21)/b13-9-. The van der Waals surface area contributed by atoms with E-state index in [-0.39, 0.29) is 43.4 Å². The molecule has 1 aliphatic carbocycles. The van der Waals surface area contributed by atoms with Gasteiger partial charge in [-0.05, 0) is 45.1 Å². The summed E-state index contributed by atoms with van der Waals surface area (Å²) in [6, 6.07) is 0. The molecule has 0 heterocycles. The molecule has 134 valence electrons. The molecule has 0 radical (unpaired) electrons. The molecule has 2 N–H and O–H groups in total. The minimum Gasteiger partial charge on any atom is -0.600 e. The van der Waals surface area contributed by atoms with Crippen LogP contribution in [0.25, 0.3) is 0 Å². The summed E-state index contributed by atoms with van der Waals surface area (Å²) in [4.78, 5) is 16.9. The summed E-state index contributed by atoms with van der Waals surface area (Å²) in [6.07, 6.45) is -1.57. The highest BCUT2D eigenvalue weighted by Crippen LogP contribution is 2.39. The third kappa shape index (κ3) is 6.88. The zero-order chi connectivity index (χ0) is 17.5. The summed E-state index contributed by atoms with van der Waals surface area (Å²) in [7, 11) is 0.